The van der Waals surface area contributed by atoms with Crippen LogP contribution < -0.4 is 10.1 Å². The van der Waals surface area contributed by atoms with Crippen LogP contribution in [0.25, 0.3) is 11.0 Å². The van der Waals surface area contributed by atoms with Gasteiger partial charge in [-0.15, -0.1) is 0 Å². The van der Waals surface area contributed by atoms with E-state index in [1.807, 2.05) is 66.1 Å². The van der Waals surface area contributed by atoms with Crippen molar-refractivity contribution < 1.29 is 9.53 Å². The number of rotatable bonds is 6. The number of aromatic nitrogens is 2. The highest BCUT2D eigenvalue weighted by molar-refractivity contribution is 5.81. The second kappa shape index (κ2) is 6.96. The highest BCUT2D eigenvalue weighted by atomic mass is 16.5. The van der Waals surface area contributed by atoms with Gasteiger partial charge in [-0.3, -0.25) is 4.79 Å². The molecule has 0 aliphatic rings. The van der Waals surface area contributed by atoms with Gasteiger partial charge < -0.3 is 14.6 Å². The summed E-state index contributed by atoms with van der Waals surface area (Å²) in [5.74, 6) is 1.49. The maximum atomic E-state index is 12.0. The van der Waals surface area contributed by atoms with Crippen molar-refractivity contribution in [3.8, 4) is 5.75 Å². The lowest BCUT2D eigenvalue weighted by atomic mass is 10.3. The Kier molecular flexibility index (Phi) is 4.57. The Bertz CT molecular complexity index is 796. The van der Waals surface area contributed by atoms with E-state index in [1.165, 1.54) is 0 Å². The van der Waals surface area contributed by atoms with E-state index in [9.17, 15) is 4.79 Å². The predicted molar refractivity (Wildman–Crippen MR) is 89.2 cm³/mol. The molecular formula is C18H19N3O2. The molecule has 1 heterocycles. The molecule has 0 saturated carbocycles. The zero-order valence-corrected chi connectivity index (χ0v) is 13.0. The van der Waals surface area contributed by atoms with Gasteiger partial charge in [0.25, 0.3) is 0 Å². The highest BCUT2D eigenvalue weighted by Gasteiger charge is 2.13. The number of hydrogen-bond acceptors (Lipinski definition) is 3. The molecule has 118 valence electrons. The van der Waals surface area contributed by atoms with Gasteiger partial charge in [-0.1, -0.05) is 30.3 Å². The quantitative estimate of drug-likeness (QED) is 0.762. The second-order valence-electron chi connectivity index (χ2n) is 5.16. The number of carbonyl (C=O) groups excluding carboxylic acids is 1. The Hall–Kier alpha value is -2.82. The van der Waals surface area contributed by atoms with E-state index < -0.39 is 0 Å². The summed E-state index contributed by atoms with van der Waals surface area (Å²) in [5, 5.41) is 2.82. The molecular weight excluding hydrogens is 290 g/mol. The lowest BCUT2D eigenvalue weighted by molar-refractivity contribution is -0.121. The minimum atomic E-state index is -0.0309. The van der Waals surface area contributed by atoms with Crippen molar-refractivity contribution in [2.24, 2.45) is 0 Å². The molecule has 5 heteroatoms. The fraction of sp³-hybridized carbons (Fsp3) is 0.222. The number of fused-ring (bicyclic) bond motifs is 1. The van der Waals surface area contributed by atoms with Gasteiger partial charge in [0, 0.05) is 6.54 Å². The lowest BCUT2D eigenvalue weighted by Gasteiger charge is -2.10. The van der Waals surface area contributed by atoms with Gasteiger partial charge in [0.05, 0.1) is 11.0 Å². The van der Waals surface area contributed by atoms with Crippen LogP contribution in [0.15, 0.2) is 54.6 Å². The van der Waals surface area contributed by atoms with Crippen molar-refractivity contribution in [2.45, 2.75) is 20.1 Å². The molecule has 1 amide bonds. The maximum Gasteiger partial charge on any atom is 0.240 e. The molecule has 23 heavy (non-hydrogen) atoms. The van der Waals surface area contributed by atoms with Crippen molar-refractivity contribution in [3.63, 3.8) is 0 Å². The van der Waals surface area contributed by atoms with E-state index in [0.717, 1.165) is 22.6 Å². The molecule has 1 N–H and O–H groups in total. The molecule has 5 nitrogen and oxygen atoms in total. The fourth-order valence-corrected chi connectivity index (χ4v) is 2.47. The predicted octanol–water partition coefficient (Wildman–Crippen LogP) is 2.75. The molecule has 0 radical (unpaired) electrons. The van der Waals surface area contributed by atoms with Crippen molar-refractivity contribution in [1.29, 1.82) is 0 Å². The van der Waals surface area contributed by atoms with E-state index in [2.05, 4.69) is 10.3 Å². The van der Waals surface area contributed by atoms with Gasteiger partial charge in [-0.2, -0.15) is 0 Å². The van der Waals surface area contributed by atoms with Crippen LogP contribution in [-0.4, -0.2) is 22.0 Å². The molecule has 0 aliphatic heterocycles. The minimum Gasteiger partial charge on any atom is -0.486 e. The van der Waals surface area contributed by atoms with E-state index in [0.29, 0.717) is 13.2 Å². The molecule has 0 spiro atoms. The smallest absolute Gasteiger partial charge is 0.240 e. The van der Waals surface area contributed by atoms with E-state index in [1.54, 1.807) is 0 Å². The maximum absolute atomic E-state index is 12.0. The van der Waals surface area contributed by atoms with Crippen LogP contribution in [0.1, 0.15) is 12.7 Å². The van der Waals surface area contributed by atoms with Crippen LogP contribution in [0.5, 0.6) is 5.75 Å². The first-order valence-electron chi connectivity index (χ1n) is 7.66. The molecule has 0 atom stereocenters. The summed E-state index contributed by atoms with van der Waals surface area (Å²) in [7, 11) is 0. The number of nitrogens with one attached hydrogen (secondary N) is 1. The van der Waals surface area contributed by atoms with E-state index in [4.69, 9.17) is 4.74 Å². The summed E-state index contributed by atoms with van der Waals surface area (Å²) in [4.78, 5) is 16.6. The van der Waals surface area contributed by atoms with Gasteiger partial charge in [0.15, 0.2) is 0 Å². The normalized spacial score (nSPS) is 10.7. The van der Waals surface area contributed by atoms with Crippen LogP contribution in [0, 0.1) is 0 Å². The molecule has 2 aromatic carbocycles. The van der Waals surface area contributed by atoms with E-state index >= 15 is 0 Å². The number of benzene rings is 2. The summed E-state index contributed by atoms with van der Waals surface area (Å²) in [6.45, 7) is 3.07. The molecule has 1 aromatic heterocycles. The van der Waals surface area contributed by atoms with Gasteiger partial charge in [0.2, 0.25) is 5.91 Å². The molecule has 0 saturated heterocycles. The summed E-state index contributed by atoms with van der Waals surface area (Å²) in [6.07, 6.45) is 0. The Balaban J connectivity index is 1.87. The Morgan fingerprint density at radius 2 is 1.87 bits per heavy atom. The zero-order valence-electron chi connectivity index (χ0n) is 13.0. The van der Waals surface area contributed by atoms with Crippen molar-refractivity contribution in [2.75, 3.05) is 6.54 Å². The first-order valence-corrected chi connectivity index (χ1v) is 7.66. The molecule has 0 bridgehead atoms. The lowest BCUT2D eigenvalue weighted by Crippen LogP contribution is -2.28. The molecule has 3 aromatic rings. The standard InChI is InChI=1S/C18H19N3O2/c1-2-19-18(22)12-21-16-11-7-6-10-15(16)20-17(21)13-23-14-8-4-3-5-9-14/h3-11H,2,12-13H2,1H3,(H,19,22). The Labute approximate surface area is 134 Å². The number of para-hydroxylation sites is 3. The van der Waals surface area contributed by atoms with Crippen LogP contribution in [-0.2, 0) is 17.9 Å². The highest BCUT2D eigenvalue weighted by Crippen LogP contribution is 2.18. The largest absolute Gasteiger partial charge is 0.486 e. The number of carbonyl (C=O) groups is 1. The third-order valence-corrected chi connectivity index (χ3v) is 3.52. The van der Waals surface area contributed by atoms with Crippen LogP contribution >= 0.6 is 0 Å². The monoisotopic (exact) mass is 309 g/mol. The van der Waals surface area contributed by atoms with Crippen molar-refractivity contribution in [3.05, 3.63) is 60.4 Å². The number of ether oxygens (including phenoxy) is 1. The molecule has 0 unspecified atom stereocenters. The molecule has 0 fully saturated rings. The molecule has 0 aliphatic carbocycles. The number of likely N-dealkylation sites (N-methyl/N-ethyl adjacent to an activating group) is 1. The summed E-state index contributed by atoms with van der Waals surface area (Å²) >= 11 is 0. The average Bonchev–Trinajstić information content (AvgIpc) is 2.92. The summed E-state index contributed by atoms with van der Waals surface area (Å²) < 4.78 is 7.69. The number of nitrogens with zero attached hydrogens (tertiary/aromatic N) is 2. The summed E-state index contributed by atoms with van der Waals surface area (Å²) in [6, 6.07) is 17.4. The van der Waals surface area contributed by atoms with Gasteiger partial charge in [-0.05, 0) is 31.2 Å². The third-order valence-electron chi connectivity index (χ3n) is 3.52. The first kappa shape index (κ1) is 15.1. The molecule has 3 rings (SSSR count). The van der Waals surface area contributed by atoms with Crippen LogP contribution in [0.4, 0.5) is 0 Å². The van der Waals surface area contributed by atoms with Crippen molar-refractivity contribution in [1.82, 2.24) is 14.9 Å². The number of imidazole rings is 1. The Morgan fingerprint density at radius 3 is 2.65 bits per heavy atom. The zero-order chi connectivity index (χ0) is 16.1. The fourth-order valence-electron chi connectivity index (χ4n) is 2.47. The van der Waals surface area contributed by atoms with E-state index in [-0.39, 0.29) is 12.5 Å². The van der Waals surface area contributed by atoms with Gasteiger partial charge in [0.1, 0.15) is 24.7 Å². The first-order chi connectivity index (χ1) is 11.3. The number of amides is 1. The SMILES string of the molecule is CCNC(=O)Cn1c(COc2ccccc2)nc2ccccc21. The topological polar surface area (TPSA) is 56.2 Å². The van der Waals surface area contributed by atoms with Crippen molar-refractivity contribution >= 4 is 16.9 Å². The Morgan fingerprint density at radius 1 is 1.13 bits per heavy atom. The third kappa shape index (κ3) is 3.51. The van der Waals surface area contributed by atoms with Crippen LogP contribution in [0.2, 0.25) is 0 Å². The second-order valence-corrected chi connectivity index (χ2v) is 5.16. The van der Waals surface area contributed by atoms with Crippen LogP contribution in [0.3, 0.4) is 0 Å². The van der Waals surface area contributed by atoms with Gasteiger partial charge in [-0.25, -0.2) is 4.98 Å². The summed E-state index contributed by atoms with van der Waals surface area (Å²) in [5.41, 5.74) is 1.80. The minimum absolute atomic E-state index is 0.0309. The average molecular weight is 309 g/mol. The number of hydrogen-bond donors (Lipinski definition) is 1. The van der Waals surface area contributed by atoms with Gasteiger partial charge >= 0.3 is 0 Å².